The molecular weight excluding hydrogens is 332 g/mol. The number of carbonyl (C=O) groups is 1. The highest BCUT2D eigenvalue weighted by Gasteiger charge is 2.16. The number of para-hydroxylation sites is 2. The highest BCUT2D eigenvalue weighted by atomic mass is 16.7. The highest BCUT2D eigenvalue weighted by Crippen LogP contribution is 2.34. The third-order valence-corrected chi connectivity index (χ3v) is 4.35. The Balaban J connectivity index is 1.39. The van der Waals surface area contributed by atoms with E-state index < -0.39 is 0 Å². The number of amides is 2. The first-order valence-electron chi connectivity index (χ1n) is 8.62. The maximum Gasteiger partial charge on any atom is 0.321 e. The minimum absolute atomic E-state index is 0.150. The van der Waals surface area contributed by atoms with Gasteiger partial charge in [0.25, 0.3) is 0 Å². The first kappa shape index (κ1) is 16.3. The van der Waals surface area contributed by atoms with Crippen molar-refractivity contribution in [3.8, 4) is 11.5 Å². The van der Waals surface area contributed by atoms with Crippen LogP contribution in [0.25, 0.3) is 11.0 Å². The molecule has 26 heavy (non-hydrogen) atoms. The average molecular weight is 352 g/mol. The molecule has 1 aromatic heterocycles. The van der Waals surface area contributed by atoms with E-state index in [-0.39, 0.29) is 12.8 Å². The molecule has 2 N–H and O–H groups in total. The monoisotopic (exact) mass is 352 g/mol. The normalized spacial score (nSPS) is 12.3. The van der Waals surface area contributed by atoms with Gasteiger partial charge in [0.2, 0.25) is 6.79 Å². The van der Waals surface area contributed by atoms with Crippen molar-refractivity contribution in [3.63, 3.8) is 0 Å². The van der Waals surface area contributed by atoms with Crippen LogP contribution in [0.1, 0.15) is 12.7 Å². The van der Waals surface area contributed by atoms with Gasteiger partial charge in [-0.15, -0.1) is 0 Å². The molecule has 1 aliphatic rings. The molecule has 0 saturated carbocycles. The molecule has 0 unspecified atom stereocenters. The first-order chi connectivity index (χ1) is 12.7. The molecule has 7 nitrogen and oxygen atoms in total. The largest absolute Gasteiger partial charge is 0.454 e. The van der Waals surface area contributed by atoms with Gasteiger partial charge in [0.15, 0.2) is 11.5 Å². The summed E-state index contributed by atoms with van der Waals surface area (Å²) in [4.78, 5) is 22.1. The van der Waals surface area contributed by atoms with E-state index in [1.165, 1.54) is 0 Å². The Hall–Kier alpha value is -3.22. The standard InChI is InChI=1S/C19H20N4O3/c1-2-23(10-9-18-21-14-5-3-4-6-15(14)22-18)19(24)20-13-7-8-16-17(11-13)26-12-25-16/h3-8,11H,2,9-10,12H2,1H3,(H,20,24)(H,21,22). The predicted molar refractivity (Wildman–Crippen MR) is 98.6 cm³/mol. The van der Waals surface area contributed by atoms with Crippen LogP contribution in [-0.4, -0.2) is 40.8 Å². The molecule has 1 aliphatic heterocycles. The van der Waals surface area contributed by atoms with Crippen LogP contribution in [0.5, 0.6) is 11.5 Å². The third-order valence-electron chi connectivity index (χ3n) is 4.35. The van der Waals surface area contributed by atoms with Crippen LogP contribution in [0.2, 0.25) is 0 Å². The van der Waals surface area contributed by atoms with Crippen molar-refractivity contribution in [1.29, 1.82) is 0 Å². The number of nitrogens with zero attached hydrogens (tertiary/aromatic N) is 2. The lowest BCUT2D eigenvalue weighted by Gasteiger charge is -2.21. The van der Waals surface area contributed by atoms with Crippen LogP contribution >= 0.6 is 0 Å². The third kappa shape index (κ3) is 3.28. The van der Waals surface area contributed by atoms with Crippen LogP contribution in [0.3, 0.4) is 0 Å². The van der Waals surface area contributed by atoms with Gasteiger partial charge in [-0.3, -0.25) is 0 Å². The zero-order valence-electron chi connectivity index (χ0n) is 14.5. The summed E-state index contributed by atoms with van der Waals surface area (Å²) in [5.74, 6) is 2.22. The number of fused-ring (bicyclic) bond motifs is 2. The second-order valence-electron chi connectivity index (χ2n) is 6.03. The van der Waals surface area contributed by atoms with Crippen LogP contribution < -0.4 is 14.8 Å². The maximum absolute atomic E-state index is 12.5. The quantitative estimate of drug-likeness (QED) is 0.738. The Labute approximate surface area is 150 Å². The zero-order chi connectivity index (χ0) is 17.9. The Morgan fingerprint density at radius 1 is 1.23 bits per heavy atom. The molecule has 0 bridgehead atoms. The molecule has 7 heteroatoms. The van der Waals surface area contributed by atoms with E-state index in [9.17, 15) is 4.79 Å². The van der Waals surface area contributed by atoms with Crippen LogP contribution in [0, 0.1) is 0 Å². The van der Waals surface area contributed by atoms with E-state index in [0.717, 1.165) is 16.9 Å². The van der Waals surface area contributed by atoms with Gasteiger partial charge in [0.1, 0.15) is 5.82 Å². The number of carbonyl (C=O) groups excluding carboxylic acids is 1. The lowest BCUT2D eigenvalue weighted by molar-refractivity contribution is 0.174. The van der Waals surface area contributed by atoms with E-state index in [2.05, 4.69) is 15.3 Å². The number of rotatable bonds is 5. The van der Waals surface area contributed by atoms with Crippen molar-refractivity contribution >= 4 is 22.8 Å². The van der Waals surface area contributed by atoms with E-state index in [0.29, 0.717) is 36.7 Å². The summed E-state index contributed by atoms with van der Waals surface area (Å²) in [5, 5.41) is 2.91. The summed E-state index contributed by atoms with van der Waals surface area (Å²) in [5.41, 5.74) is 2.63. The van der Waals surface area contributed by atoms with Crippen LogP contribution in [-0.2, 0) is 6.42 Å². The lowest BCUT2D eigenvalue weighted by Crippen LogP contribution is -2.36. The fraction of sp³-hybridized carbons (Fsp3) is 0.263. The van der Waals surface area contributed by atoms with E-state index in [1.807, 2.05) is 31.2 Å². The van der Waals surface area contributed by atoms with E-state index >= 15 is 0 Å². The molecule has 134 valence electrons. The summed E-state index contributed by atoms with van der Waals surface area (Å²) in [6.07, 6.45) is 0.664. The molecule has 0 aliphatic carbocycles. The molecule has 0 fully saturated rings. The zero-order valence-corrected chi connectivity index (χ0v) is 14.5. The Kier molecular flexibility index (Phi) is 4.35. The Morgan fingerprint density at radius 3 is 2.92 bits per heavy atom. The van der Waals surface area contributed by atoms with Crippen molar-refractivity contribution < 1.29 is 14.3 Å². The summed E-state index contributed by atoms with van der Waals surface area (Å²) < 4.78 is 10.6. The van der Waals surface area contributed by atoms with Gasteiger partial charge < -0.3 is 24.7 Å². The number of hydrogen-bond donors (Lipinski definition) is 2. The molecule has 2 amide bonds. The predicted octanol–water partition coefficient (Wildman–Crippen LogP) is 3.39. The summed E-state index contributed by atoms with van der Waals surface area (Å²) >= 11 is 0. The number of imidazole rings is 1. The molecule has 0 saturated heterocycles. The van der Waals surface area contributed by atoms with Crippen molar-refractivity contribution in [3.05, 3.63) is 48.3 Å². The summed E-state index contributed by atoms with van der Waals surface area (Å²) in [6.45, 7) is 3.35. The van der Waals surface area contributed by atoms with Gasteiger partial charge in [-0.1, -0.05) is 12.1 Å². The number of aromatic nitrogens is 2. The molecule has 2 heterocycles. The SMILES string of the molecule is CCN(CCc1nc2ccccc2[nH]1)C(=O)Nc1ccc2c(c1)OCO2. The minimum Gasteiger partial charge on any atom is -0.454 e. The number of urea groups is 1. The van der Waals surface area contributed by atoms with Gasteiger partial charge in [-0.05, 0) is 31.2 Å². The Morgan fingerprint density at radius 2 is 2.08 bits per heavy atom. The number of ether oxygens (including phenoxy) is 2. The lowest BCUT2D eigenvalue weighted by atomic mass is 10.3. The minimum atomic E-state index is -0.150. The van der Waals surface area contributed by atoms with Crippen molar-refractivity contribution in [2.45, 2.75) is 13.3 Å². The van der Waals surface area contributed by atoms with Gasteiger partial charge in [0.05, 0.1) is 11.0 Å². The van der Waals surface area contributed by atoms with Gasteiger partial charge >= 0.3 is 6.03 Å². The number of nitrogens with one attached hydrogen (secondary N) is 2. The molecule has 4 rings (SSSR count). The molecule has 2 aromatic carbocycles. The Bertz CT molecular complexity index is 904. The van der Waals surface area contributed by atoms with Crippen molar-refractivity contribution in [1.82, 2.24) is 14.9 Å². The maximum atomic E-state index is 12.5. The van der Waals surface area contributed by atoms with E-state index in [1.54, 1.807) is 23.1 Å². The molecule has 3 aromatic rings. The van der Waals surface area contributed by atoms with E-state index in [4.69, 9.17) is 9.47 Å². The number of likely N-dealkylation sites (N-methyl/N-ethyl adjacent to an activating group) is 1. The first-order valence-corrected chi connectivity index (χ1v) is 8.62. The van der Waals surface area contributed by atoms with Gasteiger partial charge in [0, 0.05) is 31.3 Å². The fourth-order valence-electron chi connectivity index (χ4n) is 2.94. The number of hydrogen-bond acceptors (Lipinski definition) is 4. The topological polar surface area (TPSA) is 79.5 Å². The number of H-pyrrole nitrogens is 1. The van der Waals surface area contributed by atoms with Crippen molar-refractivity contribution in [2.75, 3.05) is 25.2 Å². The van der Waals surface area contributed by atoms with Crippen molar-refractivity contribution in [2.24, 2.45) is 0 Å². The summed E-state index contributed by atoms with van der Waals surface area (Å²) in [6, 6.07) is 13.1. The molecule has 0 radical (unpaired) electrons. The number of aromatic amines is 1. The number of anilines is 1. The average Bonchev–Trinajstić information content (AvgIpc) is 3.27. The second kappa shape index (κ2) is 6.95. The highest BCUT2D eigenvalue weighted by molar-refractivity contribution is 5.89. The second-order valence-corrected chi connectivity index (χ2v) is 6.03. The van der Waals surface area contributed by atoms with Crippen LogP contribution in [0.15, 0.2) is 42.5 Å². The molecule has 0 atom stereocenters. The van der Waals surface area contributed by atoms with Crippen LogP contribution in [0.4, 0.5) is 10.5 Å². The molecular formula is C19H20N4O3. The van der Waals surface area contributed by atoms with Gasteiger partial charge in [-0.25, -0.2) is 9.78 Å². The summed E-state index contributed by atoms with van der Waals surface area (Å²) in [7, 11) is 0. The molecule has 0 spiro atoms. The smallest absolute Gasteiger partial charge is 0.321 e. The van der Waals surface area contributed by atoms with Gasteiger partial charge in [-0.2, -0.15) is 0 Å². The number of benzene rings is 2. The fourth-order valence-corrected chi connectivity index (χ4v) is 2.94.